The molecule has 7 nitrogen and oxygen atoms in total. The number of rotatable bonds is 3. The van der Waals surface area contributed by atoms with E-state index in [1.54, 1.807) is 6.07 Å². The van der Waals surface area contributed by atoms with Crippen LogP contribution in [-0.4, -0.2) is 24.8 Å². The van der Waals surface area contributed by atoms with Gasteiger partial charge >= 0.3 is 11.7 Å². The summed E-state index contributed by atoms with van der Waals surface area (Å²) in [4.78, 5) is 22.3. The largest absolute Gasteiger partial charge is 0.468 e. The highest BCUT2D eigenvalue weighted by Gasteiger charge is 2.53. The molecule has 0 saturated heterocycles. The number of carbonyl (C=O) groups is 1. The van der Waals surface area contributed by atoms with Gasteiger partial charge in [0.1, 0.15) is 0 Å². The smallest absolute Gasteiger partial charge is 0.316 e. The Morgan fingerprint density at radius 2 is 2.16 bits per heavy atom. The lowest BCUT2D eigenvalue weighted by Crippen LogP contribution is -2.21. The van der Waals surface area contributed by atoms with Gasteiger partial charge in [-0.15, -0.1) is 0 Å². The first kappa shape index (κ1) is 11.8. The molecular weight excluding hydrogens is 254 g/mol. The van der Waals surface area contributed by atoms with E-state index in [9.17, 15) is 14.9 Å². The van der Waals surface area contributed by atoms with Gasteiger partial charge in [0.05, 0.1) is 17.4 Å². The van der Waals surface area contributed by atoms with Crippen LogP contribution in [0.1, 0.15) is 18.4 Å². The molecule has 100 valence electrons. The zero-order chi connectivity index (χ0) is 13.6. The van der Waals surface area contributed by atoms with Crippen LogP contribution in [0.25, 0.3) is 0 Å². The maximum Gasteiger partial charge on any atom is 0.316 e. The number of nitrogens with zero attached hydrogens (tertiary/aromatic N) is 1. The summed E-state index contributed by atoms with van der Waals surface area (Å²) in [5.41, 5.74) is -0.393. The molecule has 1 heterocycles. The van der Waals surface area contributed by atoms with Gasteiger partial charge in [0.25, 0.3) is 0 Å². The molecule has 0 N–H and O–H groups in total. The molecule has 2 aliphatic rings. The van der Waals surface area contributed by atoms with E-state index in [0.717, 1.165) is 0 Å². The van der Waals surface area contributed by atoms with Gasteiger partial charge in [-0.2, -0.15) is 0 Å². The predicted molar refractivity (Wildman–Crippen MR) is 62.1 cm³/mol. The predicted octanol–water partition coefficient (Wildman–Crippen LogP) is 1.53. The number of esters is 1. The molecule has 19 heavy (non-hydrogen) atoms. The lowest BCUT2D eigenvalue weighted by molar-refractivity contribution is -0.385. The zero-order valence-electron chi connectivity index (χ0n) is 10.2. The molecular formula is C12H11NO6. The normalized spacial score (nSPS) is 17.9. The third kappa shape index (κ3) is 1.61. The van der Waals surface area contributed by atoms with E-state index in [-0.39, 0.29) is 24.2 Å². The summed E-state index contributed by atoms with van der Waals surface area (Å²) in [6.45, 7) is -0.0507. The summed E-state index contributed by atoms with van der Waals surface area (Å²) in [6.07, 6.45) is 1.24. The minimum atomic E-state index is -0.763. The molecule has 0 radical (unpaired) electrons. The number of hydrogen-bond acceptors (Lipinski definition) is 6. The summed E-state index contributed by atoms with van der Waals surface area (Å²) >= 11 is 0. The van der Waals surface area contributed by atoms with Gasteiger partial charge in [-0.3, -0.25) is 14.9 Å². The van der Waals surface area contributed by atoms with Crippen LogP contribution >= 0.6 is 0 Å². The van der Waals surface area contributed by atoms with Gasteiger partial charge in [0, 0.05) is 6.07 Å². The first-order chi connectivity index (χ1) is 9.08. The van der Waals surface area contributed by atoms with Crippen LogP contribution < -0.4 is 9.47 Å². The van der Waals surface area contributed by atoms with Crippen molar-refractivity contribution in [3.8, 4) is 11.5 Å². The fraction of sp³-hybridized carbons (Fsp3) is 0.417. The van der Waals surface area contributed by atoms with Gasteiger partial charge in [0.2, 0.25) is 12.5 Å². The summed E-state index contributed by atoms with van der Waals surface area (Å²) < 4.78 is 15.0. The van der Waals surface area contributed by atoms with Crippen LogP contribution in [0.2, 0.25) is 0 Å². The van der Waals surface area contributed by atoms with Crippen molar-refractivity contribution in [2.24, 2.45) is 0 Å². The van der Waals surface area contributed by atoms with E-state index in [4.69, 9.17) is 14.2 Å². The second-order valence-electron chi connectivity index (χ2n) is 4.56. The SMILES string of the molecule is COC(=O)C1(c2cc3c(c([N+](=O)[O-])c2)OCO3)CC1. The molecule has 1 saturated carbocycles. The van der Waals surface area contributed by atoms with Crippen molar-refractivity contribution in [1.82, 2.24) is 0 Å². The van der Waals surface area contributed by atoms with Crippen LogP contribution in [0.5, 0.6) is 11.5 Å². The van der Waals surface area contributed by atoms with Crippen LogP contribution in [-0.2, 0) is 14.9 Å². The fourth-order valence-corrected chi connectivity index (χ4v) is 2.33. The first-order valence-electron chi connectivity index (χ1n) is 5.75. The van der Waals surface area contributed by atoms with Crippen LogP contribution in [0.4, 0.5) is 5.69 Å². The molecule has 1 aromatic rings. The average molecular weight is 265 g/mol. The fourth-order valence-electron chi connectivity index (χ4n) is 2.33. The lowest BCUT2D eigenvalue weighted by Gasteiger charge is -2.13. The van der Waals surface area contributed by atoms with Gasteiger partial charge in [-0.25, -0.2) is 0 Å². The van der Waals surface area contributed by atoms with Crippen molar-refractivity contribution in [3.63, 3.8) is 0 Å². The van der Waals surface area contributed by atoms with Crippen LogP contribution in [0.3, 0.4) is 0 Å². The van der Waals surface area contributed by atoms with E-state index in [0.29, 0.717) is 24.2 Å². The Labute approximate surface area is 108 Å². The summed E-state index contributed by atoms with van der Waals surface area (Å²) in [5, 5.41) is 11.1. The van der Waals surface area contributed by atoms with Crippen molar-refractivity contribution in [2.45, 2.75) is 18.3 Å². The highest BCUT2D eigenvalue weighted by atomic mass is 16.7. The Kier molecular flexibility index (Phi) is 2.38. The topological polar surface area (TPSA) is 87.9 Å². The third-order valence-electron chi connectivity index (χ3n) is 3.53. The first-order valence-corrected chi connectivity index (χ1v) is 5.75. The zero-order valence-corrected chi connectivity index (χ0v) is 10.2. The monoisotopic (exact) mass is 265 g/mol. The van der Waals surface area contributed by atoms with Crippen molar-refractivity contribution >= 4 is 11.7 Å². The Balaban J connectivity index is 2.12. The van der Waals surface area contributed by atoms with Crippen LogP contribution in [0, 0.1) is 10.1 Å². The molecule has 0 unspecified atom stereocenters. The minimum Gasteiger partial charge on any atom is -0.468 e. The van der Waals surface area contributed by atoms with Gasteiger partial charge in [0.15, 0.2) is 5.75 Å². The molecule has 0 aromatic heterocycles. The Bertz CT molecular complexity index is 578. The molecule has 1 aromatic carbocycles. The van der Waals surface area contributed by atoms with Crippen molar-refractivity contribution in [1.29, 1.82) is 0 Å². The molecule has 0 bridgehead atoms. The molecule has 1 aliphatic heterocycles. The van der Waals surface area contributed by atoms with Gasteiger partial charge in [-0.05, 0) is 24.5 Å². The second kappa shape index (κ2) is 3.84. The highest BCUT2D eigenvalue weighted by molar-refractivity contribution is 5.87. The number of benzene rings is 1. The molecule has 0 amide bonds. The maximum absolute atomic E-state index is 11.8. The maximum atomic E-state index is 11.8. The van der Waals surface area contributed by atoms with E-state index in [1.807, 2.05) is 0 Å². The van der Waals surface area contributed by atoms with E-state index < -0.39 is 10.3 Å². The lowest BCUT2D eigenvalue weighted by atomic mass is 9.95. The summed E-state index contributed by atoms with van der Waals surface area (Å²) in [5.74, 6) is 0.0504. The molecule has 1 aliphatic carbocycles. The Hall–Kier alpha value is -2.31. The van der Waals surface area contributed by atoms with Crippen molar-refractivity contribution < 1.29 is 23.9 Å². The van der Waals surface area contributed by atoms with Gasteiger partial charge in [-0.1, -0.05) is 0 Å². The number of fused-ring (bicyclic) bond motifs is 1. The standard InChI is InChI=1S/C12H11NO6/c1-17-11(14)12(2-3-12)7-4-8(13(15)16)10-9(5-7)18-6-19-10/h4-5H,2-3,6H2,1H3. The van der Waals surface area contributed by atoms with Crippen molar-refractivity contribution in [3.05, 3.63) is 27.8 Å². The molecule has 3 rings (SSSR count). The van der Waals surface area contributed by atoms with Crippen LogP contribution in [0.15, 0.2) is 12.1 Å². The van der Waals surface area contributed by atoms with E-state index in [1.165, 1.54) is 13.2 Å². The van der Waals surface area contributed by atoms with E-state index in [2.05, 4.69) is 0 Å². The number of nitro benzene ring substituents is 1. The molecule has 0 atom stereocenters. The third-order valence-corrected chi connectivity index (χ3v) is 3.53. The van der Waals surface area contributed by atoms with Gasteiger partial charge < -0.3 is 14.2 Å². The summed E-state index contributed by atoms with van der Waals surface area (Å²) in [6, 6.07) is 3.00. The van der Waals surface area contributed by atoms with Crippen molar-refractivity contribution in [2.75, 3.05) is 13.9 Å². The summed E-state index contributed by atoms with van der Waals surface area (Å²) in [7, 11) is 1.31. The average Bonchev–Trinajstić information content (AvgIpc) is 3.08. The van der Waals surface area contributed by atoms with E-state index >= 15 is 0 Å². The second-order valence-corrected chi connectivity index (χ2v) is 4.56. The molecule has 1 fully saturated rings. The molecule has 0 spiro atoms. The highest BCUT2D eigenvalue weighted by Crippen LogP contribution is 2.53. The Morgan fingerprint density at radius 3 is 2.74 bits per heavy atom. The number of ether oxygens (including phenoxy) is 3. The molecule has 7 heteroatoms. The Morgan fingerprint density at radius 1 is 1.42 bits per heavy atom. The minimum absolute atomic E-state index is 0.0507. The quantitative estimate of drug-likeness (QED) is 0.468. The number of hydrogen-bond donors (Lipinski definition) is 0. The number of methoxy groups -OCH3 is 1. The number of carbonyl (C=O) groups excluding carboxylic acids is 1. The number of nitro groups is 1.